The summed E-state index contributed by atoms with van der Waals surface area (Å²) in [5, 5.41) is 1.90. The molecule has 5 heteroatoms. The number of benzene rings is 3. The Labute approximate surface area is 168 Å². The van der Waals surface area contributed by atoms with Gasteiger partial charge in [-0.2, -0.15) is 0 Å². The molecule has 3 aromatic rings. The van der Waals surface area contributed by atoms with Crippen LogP contribution in [0.4, 0.5) is 5.69 Å². The molecule has 0 heterocycles. The molecule has 0 saturated heterocycles. The maximum atomic E-state index is 6.32. The Balaban J connectivity index is 1.68. The third-order valence-electron chi connectivity index (χ3n) is 3.76. The van der Waals surface area contributed by atoms with Gasteiger partial charge in [0, 0.05) is 16.3 Å². The van der Waals surface area contributed by atoms with Crippen molar-refractivity contribution in [3.05, 3.63) is 92.4 Å². The molecule has 0 atom stereocenters. The van der Waals surface area contributed by atoms with Gasteiger partial charge in [0.1, 0.15) is 12.4 Å². The molecule has 0 fully saturated rings. The van der Waals surface area contributed by atoms with Gasteiger partial charge in [-0.1, -0.05) is 53.0 Å². The number of halogens is 3. The van der Waals surface area contributed by atoms with Gasteiger partial charge in [0.2, 0.25) is 0 Å². The summed E-state index contributed by atoms with van der Waals surface area (Å²) >= 11 is 18.4. The van der Waals surface area contributed by atoms with Crippen LogP contribution in [-0.2, 0) is 6.61 Å². The Morgan fingerprint density at radius 2 is 1.77 bits per heavy atom. The van der Waals surface area contributed by atoms with E-state index in [1.54, 1.807) is 6.21 Å². The lowest BCUT2D eigenvalue weighted by molar-refractivity contribution is 0.306. The first-order valence-electron chi connectivity index (χ1n) is 7.98. The Hall–Kier alpha value is -2.00. The number of hydrogen-bond donors (Lipinski definition) is 0. The first-order valence-corrected chi connectivity index (χ1v) is 9.12. The third-order valence-corrected chi connectivity index (χ3v) is 4.70. The standard InChI is InChI=1S/C21H16Cl3NO/c1-14-5-7-18(11-19(14)23)25-12-15-6-8-21(20(24)10-15)26-13-16-3-2-4-17(22)9-16/h2-12H,13H2,1H3. The van der Waals surface area contributed by atoms with Crippen molar-refractivity contribution >= 4 is 46.7 Å². The molecule has 0 saturated carbocycles. The average Bonchev–Trinajstić information content (AvgIpc) is 2.62. The lowest BCUT2D eigenvalue weighted by Gasteiger charge is -2.09. The van der Waals surface area contributed by atoms with Gasteiger partial charge < -0.3 is 4.74 Å². The highest BCUT2D eigenvalue weighted by Gasteiger charge is 2.04. The van der Waals surface area contributed by atoms with Crippen molar-refractivity contribution in [3.8, 4) is 5.75 Å². The van der Waals surface area contributed by atoms with E-state index in [1.165, 1.54) is 0 Å². The topological polar surface area (TPSA) is 21.6 Å². The summed E-state index contributed by atoms with van der Waals surface area (Å²) in [7, 11) is 0. The minimum atomic E-state index is 0.398. The van der Waals surface area contributed by atoms with Gasteiger partial charge in [0.05, 0.1) is 10.7 Å². The molecule has 2 nitrogen and oxygen atoms in total. The summed E-state index contributed by atoms with van der Waals surface area (Å²) < 4.78 is 5.77. The van der Waals surface area contributed by atoms with E-state index >= 15 is 0 Å². The molecular formula is C21H16Cl3NO. The molecule has 0 aromatic heterocycles. The zero-order valence-corrected chi connectivity index (χ0v) is 16.3. The van der Waals surface area contributed by atoms with Crippen LogP contribution in [0, 0.1) is 6.92 Å². The number of ether oxygens (including phenoxy) is 1. The van der Waals surface area contributed by atoms with E-state index in [-0.39, 0.29) is 0 Å². The van der Waals surface area contributed by atoms with Crippen LogP contribution in [0.1, 0.15) is 16.7 Å². The second-order valence-corrected chi connectivity index (χ2v) is 7.05. The summed E-state index contributed by atoms with van der Waals surface area (Å²) in [5.41, 5.74) is 3.67. The number of nitrogens with zero attached hydrogens (tertiary/aromatic N) is 1. The lowest BCUT2D eigenvalue weighted by atomic mass is 10.2. The van der Waals surface area contributed by atoms with Crippen molar-refractivity contribution in [1.82, 2.24) is 0 Å². The normalized spacial score (nSPS) is 11.1. The van der Waals surface area contributed by atoms with Gasteiger partial charge in [0.15, 0.2) is 0 Å². The molecule has 0 aliphatic heterocycles. The van der Waals surface area contributed by atoms with E-state index in [0.717, 1.165) is 22.4 Å². The highest BCUT2D eigenvalue weighted by atomic mass is 35.5. The van der Waals surface area contributed by atoms with Gasteiger partial charge >= 0.3 is 0 Å². The molecule has 3 aromatic carbocycles. The van der Waals surface area contributed by atoms with Crippen LogP contribution in [0.15, 0.2) is 65.7 Å². The minimum absolute atomic E-state index is 0.398. The van der Waals surface area contributed by atoms with Crippen LogP contribution in [0.25, 0.3) is 0 Å². The van der Waals surface area contributed by atoms with Crippen molar-refractivity contribution in [2.75, 3.05) is 0 Å². The fourth-order valence-electron chi connectivity index (χ4n) is 2.31. The Bertz CT molecular complexity index is 954. The largest absolute Gasteiger partial charge is 0.487 e. The summed E-state index contributed by atoms with van der Waals surface area (Å²) in [4.78, 5) is 4.43. The Morgan fingerprint density at radius 3 is 2.50 bits per heavy atom. The van der Waals surface area contributed by atoms with E-state index in [4.69, 9.17) is 39.5 Å². The Morgan fingerprint density at radius 1 is 0.923 bits per heavy atom. The molecule has 0 bridgehead atoms. The zero-order valence-electron chi connectivity index (χ0n) is 14.0. The fraction of sp³-hybridized carbons (Fsp3) is 0.0952. The molecule has 0 aliphatic carbocycles. The predicted molar refractivity (Wildman–Crippen MR) is 111 cm³/mol. The van der Waals surface area contributed by atoms with Crippen LogP contribution < -0.4 is 4.74 Å². The maximum Gasteiger partial charge on any atom is 0.138 e. The summed E-state index contributed by atoms with van der Waals surface area (Å²) in [6.45, 7) is 2.35. The van der Waals surface area contributed by atoms with E-state index < -0.39 is 0 Å². The second kappa shape index (κ2) is 8.59. The van der Waals surface area contributed by atoms with Crippen LogP contribution in [0.5, 0.6) is 5.75 Å². The summed E-state index contributed by atoms with van der Waals surface area (Å²) in [6.07, 6.45) is 1.74. The number of aliphatic imine (C=N–C) groups is 1. The SMILES string of the molecule is Cc1ccc(N=Cc2ccc(OCc3cccc(Cl)c3)c(Cl)c2)cc1Cl. The van der Waals surface area contributed by atoms with Gasteiger partial charge in [-0.15, -0.1) is 0 Å². The second-order valence-electron chi connectivity index (χ2n) is 5.80. The first-order chi connectivity index (χ1) is 12.5. The fourth-order valence-corrected chi connectivity index (χ4v) is 2.94. The number of hydrogen-bond acceptors (Lipinski definition) is 2. The quantitative estimate of drug-likeness (QED) is 0.409. The highest BCUT2D eigenvalue weighted by molar-refractivity contribution is 6.32. The number of rotatable bonds is 5. The molecule has 0 unspecified atom stereocenters. The third kappa shape index (κ3) is 5.01. The smallest absolute Gasteiger partial charge is 0.138 e. The van der Waals surface area contributed by atoms with E-state index in [1.807, 2.05) is 67.6 Å². The van der Waals surface area contributed by atoms with Crippen molar-refractivity contribution < 1.29 is 4.74 Å². The number of aryl methyl sites for hydroxylation is 1. The molecule has 132 valence electrons. The predicted octanol–water partition coefficient (Wildman–Crippen LogP) is 7.28. The minimum Gasteiger partial charge on any atom is -0.487 e. The van der Waals surface area contributed by atoms with Gasteiger partial charge in [-0.05, 0) is 66.1 Å². The molecular weight excluding hydrogens is 389 g/mol. The monoisotopic (exact) mass is 403 g/mol. The van der Waals surface area contributed by atoms with Crippen LogP contribution in [0.3, 0.4) is 0 Å². The highest BCUT2D eigenvalue weighted by Crippen LogP contribution is 2.27. The van der Waals surface area contributed by atoms with Gasteiger partial charge in [-0.25, -0.2) is 0 Å². The first kappa shape index (κ1) is 18.8. The van der Waals surface area contributed by atoms with E-state index in [0.29, 0.717) is 27.4 Å². The lowest BCUT2D eigenvalue weighted by Crippen LogP contribution is -1.96. The van der Waals surface area contributed by atoms with E-state index in [2.05, 4.69) is 4.99 Å². The van der Waals surface area contributed by atoms with Gasteiger partial charge in [-0.3, -0.25) is 4.99 Å². The van der Waals surface area contributed by atoms with Crippen molar-refractivity contribution in [1.29, 1.82) is 0 Å². The van der Waals surface area contributed by atoms with E-state index in [9.17, 15) is 0 Å². The summed E-state index contributed by atoms with van der Waals surface area (Å²) in [6, 6.07) is 18.8. The molecule has 0 amide bonds. The Kier molecular flexibility index (Phi) is 6.20. The molecule has 26 heavy (non-hydrogen) atoms. The van der Waals surface area contributed by atoms with Gasteiger partial charge in [0.25, 0.3) is 0 Å². The van der Waals surface area contributed by atoms with Crippen molar-refractivity contribution in [2.45, 2.75) is 13.5 Å². The zero-order chi connectivity index (χ0) is 18.5. The van der Waals surface area contributed by atoms with Crippen LogP contribution >= 0.6 is 34.8 Å². The average molecular weight is 405 g/mol. The van der Waals surface area contributed by atoms with Crippen LogP contribution in [0.2, 0.25) is 15.1 Å². The van der Waals surface area contributed by atoms with Crippen molar-refractivity contribution in [3.63, 3.8) is 0 Å². The molecule has 3 rings (SSSR count). The molecule has 0 spiro atoms. The van der Waals surface area contributed by atoms with Crippen molar-refractivity contribution in [2.24, 2.45) is 4.99 Å². The summed E-state index contributed by atoms with van der Waals surface area (Å²) in [5.74, 6) is 0.613. The maximum absolute atomic E-state index is 6.32. The van der Waals surface area contributed by atoms with Crippen LogP contribution in [-0.4, -0.2) is 6.21 Å². The molecule has 0 N–H and O–H groups in total. The molecule has 0 aliphatic rings. The molecule has 0 radical (unpaired) electrons.